The van der Waals surface area contributed by atoms with E-state index in [9.17, 15) is 4.79 Å². The fourth-order valence-corrected chi connectivity index (χ4v) is 3.65. The molecule has 2 heterocycles. The summed E-state index contributed by atoms with van der Waals surface area (Å²) in [5.74, 6) is 2.22. The number of benzene rings is 2. The Labute approximate surface area is 189 Å². The standard InChI is InChI=1S/C22H26N4O2.2ClH/c27-22(24-13-11-17-10-12-23-14-17)15-26-20-9-5-4-8-19(20)25-21(26)16-28-18-6-2-1-3-7-18;;/h1-9,17,23H,10-16H2,(H,24,27);2*1H. The number of hydrogen-bond acceptors (Lipinski definition) is 4. The molecule has 1 unspecified atom stereocenters. The van der Waals surface area contributed by atoms with E-state index in [1.54, 1.807) is 0 Å². The molecule has 6 nitrogen and oxygen atoms in total. The highest BCUT2D eigenvalue weighted by Gasteiger charge is 2.16. The van der Waals surface area contributed by atoms with Crippen molar-refractivity contribution in [2.24, 2.45) is 5.92 Å². The first-order valence-corrected chi connectivity index (χ1v) is 9.89. The van der Waals surface area contributed by atoms with Gasteiger partial charge in [-0.05, 0) is 56.1 Å². The Bertz CT molecular complexity index is 927. The molecule has 162 valence electrons. The molecule has 1 aromatic heterocycles. The molecule has 8 heteroatoms. The molecule has 2 aromatic carbocycles. The van der Waals surface area contributed by atoms with Gasteiger partial charge in [0.15, 0.2) is 0 Å². The van der Waals surface area contributed by atoms with Crippen LogP contribution in [0.1, 0.15) is 18.7 Å². The number of fused-ring (bicyclic) bond motifs is 1. The van der Waals surface area contributed by atoms with Gasteiger partial charge in [0.05, 0.1) is 11.0 Å². The van der Waals surface area contributed by atoms with Crippen LogP contribution >= 0.6 is 24.8 Å². The van der Waals surface area contributed by atoms with E-state index in [1.165, 1.54) is 6.42 Å². The van der Waals surface area contributed by atoms with Crippen LogP contribution in [0.15, 0.2) is 54.6 Å². The zero-order valence-electron chi connectivity index (χ0n) is 16.8. The number of rotatable bonds is 8. The third-order valence-electron chi connectivity index (χ3n) is 5.18. The lowest BCUT2D eigenvalue weighted by Crippen LogP contribution is -2.30. The summed E-state index contributed by atoms with van der Waals surface area (Å²) in [7, 11) is 0. The maximum Gasteiger partial charge on any atom is 0.240 e. The third kappa shape index (κ3) is 6.11. The maximum absolute atomic E-state index is 12.5. The van der Waals surface area contributed by atoms with Crippen LogP contribution in [0, 0.1) is 5.92 Å². The van der Waals surface area contributed by atoms with Crippen molar-refractivity contribution in [3.8, 4) is 5.75 Å². The Morgan fingerprint density at radius 2 is 1.90 bits per heavy atom. The highest BCUT2D eigenvalue weighted by atomic mass is 35.5. The number of nitrogens with zero attached hydrogens (tertiary/aromatic N) is 2. The van der Waals surface area contributed by atoms with Gasteiger partial charge < -0.3 is 19.9 Å². The lowest BCUT2D eigenvalue weighted by Gasteiger charge is -2.12. The minimum Gasteiger partial charge on any atom is -0.486 e. The molecule has 3 aromatic rings. The van der Waals surface area contributed by atoms with Gasteiger partial charge in [-0.3, -0.25) is 4.79 Å². The van der Waals surface area contributed by atoms with Gasteiger partial charge in [0.2, 0.25) is 5.91 Å². The first kappa shape index (κ1) is 24.0. The number of aromatic nitrogens is 2. The number of hydrogen-bond donors (Lipinski definition) is 2. The first-order valence-electron chi connectivity index (χ1n) is 9.89. The molecule has 1 aliphatic rings. The Morgan fingerprint density at radius 1 is 1.13 bits per heavy atom. The molecule has 0 bridgehead atoms. The molecule has 1 amide bonds. The number of carbonyl (C=O) groups excluding carboxylic acids is 1. The summed E-state index contributed by atoms with van der Waals surface area (Å²) in [5.41, 5.74) is 1.82. The van der Waals surface area contributed by atoms with E-state index >= 15 is 0 Å². The Hall–Kier alpha value is -2.28. The van der Waals surface area contributed by atoms with Crippen molar-refractivity contribution in [2.45, 2.75) is 26.0 Å². The van der Waals surface area contributed by atoms with Gasteiger partial charge >= 0.3 is 0 Å². The summed E-state index contributed by atoms with van der Waals surface area (Å²) < 4.78 is 7.82. The monoisotopic (exact) mass is 450 g/mol. The van der Waals surface area contributed by atoms with E-state index in [0.29, 0.717) is 19.1 Å². The van der Waals surface area contributed by atoms with Crippen molar-refractivity contribution in [1.82, 2.24) is 20.2 Å². The quantitative estimate of drug-likeness (QED) is 0.550. The van der Waals surface area contributed by atoms with Crippen LogP contribution < -0.4 is 15.4 Å². The lowest BCUT2D eigenvalue weighted by atomic mass is 10.1. The van der Waals surface area contributed by atoms with Gasteiger partial charge in [0, 0.05) is 6.54 Å². The zero-order valence-corrected chi connectivity index (χ0v) is 18.4. The average Bonchev–Trinajstić information content (AvgIpc) is 3.36. The molecule has 2 N–H and O–H groups in total. The fraction of sp³-hybridized carbons (Fsp3) is 0.364. The van der Waals surface area contributed by atoms with Crippen molar-refractivity contribution >= 4 is 41.8 Å². The zero-order chi connectivity index (χ0) is 19.2. The number of carbonyl (C=O) groups is 1. The van der Waals surface area contributed by atoms with E-state index in [2.05, 4.69) is 15.6 Å². The number of amides is 1. The smallest absolute Gasteiger partial charge is 0.240 e. The van der Waals surface area contributed by atoms with Gasteiger partial charge in [-0.15, -0.1) is 24.8 Å². The van der Waals surface area contributed by atoms with Crippen molar-refractivity contribution in [2.75, 3.05) is 19.6 Å². The van der Waals surface area contributed by atoms with Crippen LogP contribution in [-0.2, 0) is 17.9 Å². The van der Waals surface area contributed by atoms with E-state index in [0.717, 1.165) is 42.1 Å². The van der Waals surface area contributed by atoms with Crippen LogP contribution in [0.3, 0.4) is 0 Å². The van der Waals surface area contributed by atoms with Crippen molar-refractivity contribution in [3.63, 3.8) is 0 Å². The summed E-state index contributed by atoms with van der Waals surface area (Å²) in [6.45, 7) is 3.43. The van der Waals surface area contributed by atoms with Crippen LogP contribution in [-0.4, -0.2) is 35.1 Å². The van der Waals surface area contributed by atoms with Gasteiger partial charge in [0.1, 0.15) is 24.7 Å². The molecule has 4 rings (SSSR count). The molecular formula is C22H28Cl2N4O2. The minimum atomic E-state index is 0. The molecule has 0 spiro atoms. The third-order valence-corrected chi connectivity index (χ3v) is 5.18. The molecule has 0 aliphatic carbocycles. The number of imidazole rings is 1. The van der Waals surface area contributed by atoms with E-state index in [-0.39, 0.29) is 37.3 Å². The highest BCUT2D eigenvalue weighted by Crippen LogP contribution is 2.18. The number of nitrogens with one attached hydrogen (secondary N) is 2. The first-order chi connectivity index (χ1) is 13.8. The molecule has 1 atom stereocenters. The molecular weight excluding hydrogens is 423 g/mol. The van der Waals surface area contributed by atoms with Gasteiger partial charge in [-0.25, -0.2) is 4.98 Å². The lowest BCUT2D eigenvalue weighted by molar-refractivity contribution is -0.121. The summed E-state index contributed by atoms with van der Waals surface area (Å²) in [6.07, 6.45) is 2.22. The second-order valence-corrected chi connectivity index (χ2v) is 7.20. The van der Waals surface area contributed by atoms with Crippen LogP contribution in [0.2, 0.25) is 0 Å². The molecule has 1 fully saturated rings. The molecule has 0 radical (unpaired) electrons. The summed E-state index contributed by atoms with van der Waals surface area (Å²) in [6, 6.07) is 17.5. The molecule has 30 heavy (non-hydrogen) atoms. The van der Waals surface area contributed by atoms with Crippen LogP contribution in [0.25, 0.3) is 11.0 Å². The topological polar surface area (TPSA) is 68.2 Å². The number of para-hydroxylation sites is 3. The Kier molecular flexibility index (Phi) is 9.43. The second-order valence-electron chi connectivity index (χ2n) is 7.20. The SMILES string of the molecule is Cl.Cl.O=C(Cn1c(COc2ccccc2)nc2ccccc21)NCCC1CCNC1. The maximum atomic E-state index is 12.5. The normalized spacial score (nSPS) is 15.3. The predicted octanol–water partition coefficient (Wildman–Crippen LogP) is 3.57. The summed E-state index contributed by atoms with van der Waals surface area (Å²) >= 11 is 0. The minimum absolute atomic E-state index is 0. The van der Waals surface area contributed by atoms with Gasteiger partial charge in [-0.2, -0.15) is 0 Å². The van der Waals surface area contributed by atoms with Gasteiger partial charge in [0.25, 0.3) is 0 Å². The number of halogens is 2. The summed E-state index contributed by atoms with van der Waals surface area (Å²) in [4.78, 5) is 17.2. The van der Waals surface area contributed by atoms with E-state index in [1.807, 2.05) is 59.2 Å². The van der Waals surface area contributed by atoms with Crippen molar-refractivity contribution in [1.29, 1.82) is 0 Å². The Morgan fingerprint density at radius 3 is 2.67 bits per heavy atom. The van der Waals surface area contributed by atoms with E-state index in [4.69, 9.17) is 4.74 Å². The largest absolute Gasteiger partial charge is 0.486 e. The summed E-state index contributed by atoms with van der Waals surface area (Å²) in [5, 5.41) is 6.42. The van der Waals surface area contributed by atoms with Gasteiger partial charge in [-0.1, -0.05) is 30.3 Å². The fourth-order valence-electron chi connectivity index (χ4n) is 3.65. The molecule has 1 saturated heterocycles. The van der Waals surface area contributed by atoms with Crippen LogP contribution in [0.5, 0.6) is 5.75 Å². The predicted molar refractivity (Wildman–Crippen MR) is 124 cm³/mol. The molecule has 0 saturated carbocycles. The highest BCUT2D eigenvalue weighted by molar-refractivity contribution is 5.85. The average molecular weight is 451 g/mol. The van der Waals surface area contributed by atoms with Crippen LogP contribution in [0.4, 0.5) is 0 Å². The van der Waals surface area contributed by atoms with Crippen molar-refractivity contribution in [3.05, 3.63) is 60.4 Å². The van der Waals surface area contributed by atoms with Crippen molar-refractivity contribution < 1.29 is 9.53 Å². The van der Waals surface area contributed by atoms with E-state index < -0.39 is 0 Å². The second kappa shape index (κ2) is 11.8. The number of ether oxygens (including phenoxy) is 1. The Balaban J connectivity index is 0.00000160. The molecule has 1 aliphatic heterocycles.